The summed E-state index contributed by atoms with van der Waals surface area (Å²) in [5, 5.41) is 22.9. The van der Waals surface area contributed by atoms with E-state index < -0.39 is 0 Å². The third-order valence-corrected chi connectivity index (χ3v) is 18.8. The Kier molecular flexibility index (Phi) is 14.9. The molecule has 0 radical (unpaired) electrons. The van der Waals surface area contributed by atoms with Gasteiger partial charge in [-0.05, 0) is 275 Å². The Morgan fingerprint density at radius 2 is 0.500 bits per heavy atom. The molecular weight excluding hydrogens is 1190 g/mol. The second-order valence-corrected chi connectivity index (χ2v) is 24.7. The Labute approximate surface area is 569 Å². The van der Waals surface area contributed by atoms with Crippen LogP contribution in [-0.2, 0) is 0 Å². The molecule has 17 aromatic carbocycles. The number of hydrogen-bond donors (Lipinski definition) is 0. The standard InChI is InChI=1S/C92H60N6/c1-94-74-41-34-67-56-73-59-84(47-40-69(73)54-71(67)57-74)98(80-30-18-7-19-31-80)86-49-51-88-90(61-86)92(65-37-44-82(45-38-65)96(77-24-12-4-13-25-77)78-26-14-5-15-27-78)87-50-48-85(60-89(87)91(88)64-35-42-81(43-36-64)95(75-20-8-2-9-21-75)76-22-10-3-11-23-76)97(79-28-16-6-17-29-79)83-46-39-68-53-70-52-63(62-93)32-33-66(70)55-72(68)58-83/h2-61H. The predicted octanol–water partition coefficient (Wildman–Crippen LogP) is 26.2. The highest BCUT2D eigenvalue weighted by molar-refractivity contribution is 6.23. The van der Waals surface area contributed by atoms with E-state index in [9.17, 15) is 5.26 Å². The van der Waals surface area contributed by atoms with E-state index in [0.717, 1.165) is 155 Å². The minimum atomic E-state index is 0.630. The van der Waals surface area contributed by atoms with Crippen LogP contribution in [0.3, 0.4) is 0 Å². The maximum atomic E-state index is 9.81. The summed E-state index contributed by atoms with van der Waals surface area (Å²) in [4.78, 5) is 13.1. The topological polar surface area (TPSA) is 41.1 Å². The Balaban J connectivity index is 0.925. The monoisotopic (exact) mass is 1250 g/mol. The van der Waals surface area contributed by atoms with Gasteiger partial charge in [0, 0.05) is 68.2 Å². The van der Waals surface area contributed by atoms with Crippen molar-refractivity contribution < 1.29 is 0 Å². The zero-order valence-corrected chi connectivity index (χ0v) is 53.3. The third kappa shape index (κ3) is 10.9. The molecule has 458 valence electrons. The fourth-order valence-electron chi connectivity index (χ4n) is 14.3. The molecule has 17 aromatic rings. The molecule has 0 saturated carbocycles. The summed E-state index contributed by atoms with van der Waals surface area (Å²) in [6.07, 6.45) is 0. The molecule has 6 heteroatoms. The highest BCUT2D eigenvalue weighted by Crippen LogP contribution is 2.50. The molecule has 6 nitrogen and oxygen atoms in total. The third-order valence-electron chi connectivity index (χ3n) is 18.8. The molecule has 17 rings (SSSR count). The van der Waals surface area contributed by atoms with Crippen LogP contribution in [0, 0.1) is 17.9 Å². The van der Waals surface area contributed by atoms with Crippen LogP contribution < -0.4 is 19.6 Å². The molecule has 0 aliphatic carbocycles. The van der Waals surface area contributed by atoms with Gasteiger partial charge in [-0.3, -0.25) is 0 Å². The van der Waals surface area contributed by atoms with Crippen molar-refractivity contribution in [2.75, 3.05) is 19.6 Å². The molecule has 0 spiro atoms. The zero-order chi connectivity index (χ0) is 65.5. The van der Waals surface area contributed by atoms with Crippen molar-refractivity contribution in [2.45, 2.75) is 0 Å². The van der Waals surface area contributed by atoms with Gasteiger partial charge < -0.3 is 19.6 Å². The number of nitriles is 1. The Hall–Kier alpha value is -13.5. The number of hydrogen-bond acceptors (Lipinski definition) is 5. The lowest BCUT2D eigenvalue weighted by atomic mass is 9.85. The van der Waals surface area contributed by atoms with Gasteiger partial charge in [-0.2, -0.15) is 5.26 Å². The van der Waals surface area contributed by atoms with Gasteiger partial charge in [0.15, 0.2) is 5.69 Å². The van der Waals surface area contributed by atoms with Crippen LogP contribution in [0.2, 0.25) is 0 Å². The first-order valence-electron chi connectivity index (χ1n) is 32.9. The van der Waals surface area contributed by atoms with Crippen LogP contribution in [-0.4, -0.2) is 0 Å². The van der Waals surface area contributed by atoms with Crippen LogP contribution >= 0.6 is 0 Å². The molecule has 0 N–H and O–H groups in total. The molecule has 0 fully saturated rings. The van der Waals surface area contributed by atoms with Crippen molar-refractivity contribution >= 4 is 139 Å². The maximum Gasteiger partial charge on any atom is 0.187 e. The Morgan fingerprint density at radius 3 is 0.847 bits per heavy atom. The maximum absolute atomic E-state index is 9.81. The molecule has 0 saturated heterocycles. The zero-order valence-electron chi connectivity index (χ0n) is 53.3. The first kappa shape index (κ1) is 58.3. The lowest BCUT2D eigenvalue weighted by Crippen LogP contribution is -2.10. The van der Waals surface area contributed by atoms with Crippen molar-refractivity contribution in [2.24, 2.45) is 0 Å². The fourth-order valence-corrected chi connectivity index (χ4v) is 14.3. The number of benzene rings is 17. The van der Waals surface area contributed by atoms with Crippen molar-refractivity contribution in [3.8, 4) is 28.3 Å². The van der Waals surface area contributed by atoms with E-state index in [1.54, 1.807) is 0 Å². The number of rotatable bonds is 14. The summed E-state index contributed by atoms with van der Waals surface area (Å²) >= 11 is 0. The fraction of sp³-hybridized carbons (Fsp3) is 0. The number of nitrogens with zero attached hydrogens (tertiary/aromatic N) is 6. The van der Waals surface area contributed by atoms with Gasteiger partial charge in [0.05, 0.1) is 18.2 Å². The molecule has 0 bridgehead atoms. The Bertz CT molecular complexity index is 5490. The van der Waals surface area contributed by atoms with Gasteiger partial charge in [0.2, 0.25) is 0 Å². The second-order valence-electron chi connectivity index (χ2n) is 24.7. The normalized spacial score (nSPS) is 11.2. The van der Waals surface area contributed by atoms with Crippen molar-refractivity contribution in [3.63, 3.8) is 0 Å². The van der Waals surface area contributed by atoms with Crippen LogP contribution in [0.1, 0.15) is 5.56 Å². The second kappa shape index (κ2) is 25.1. The van der Waals surface area contributed by atoms with Crippen LogP contribution in [0.5, 0.6) is 0 Å². The average Bonchev–Trinajstić information content (AvgIpc) is 0.723. The van der Waals surface area contributed by atoms with Crippen LogP contribution in [0.15, 0.2) is 364 Å². The quantitative estimate of drug-likeness (QED) is 0.0802. The highest BCUT2D eigenvalue weighted by Gasteiger charge is 2.25. The Morgan fingerprint density at radius 1 is 0.224 bits per heavy atom. The largest absolute Gasteiger partial charge is 0.311 e. The van der Waals surface area contributed by atoms with E-state index >= 15 is 0 Å². The summed E-state index contributed by atoms with van der Waals surface area (Å²) in [5.41, 5.74) is 18.1. The van der Waals surface area contributed by atoms with Gasteiger partial charge >= 0.3 is 0 Å². The minimum Gasteiger partial charge on any atom is -0.311 e. The van der Waals surface area contributed by atoms with Gasteiger partial charge in [0.1, 0.15) is 0 Å². The molecule has 0 atom stereocenters. The molecular formula is C92H60N6. The number of anilines is 12. The summed E-state index contributed by atoms with van der Waals surface area (Å²) in [6, 6.07) is 133. The molecule has 0 unspecified atom stereocenters. The predicted molar refractivity (Wildman–Crippen MR) is 412 cm³/mol. The van der Waals surface area contributed by atoms with Gasteiger partial charge in [-0.15, -0.1) is 0 Å². The van der Waals surface area contributed by atoms with Crippen LogP contribution in [0.4, 0.5) is 73.9 Å². The lowest BCUT2D eigenvalue weighted by molar-refractivity contribution is 1.28. The summed E-state index contributed by atoms with van der Waals surface area (Å²) in [7, 11) is 0. The van der Waals surface area contributed by atoms with Gasteiger partial charge in [-0.25, -0.2) is 4.85 Å². The van der Waals surface area contributed by atoms with Gasteiger partial charge in [-0.1, -0.05) is 176 Å². The van der Waals surface area contributed by atoms with E-state index in [2.05, 4.69) is 364 Å². The summed E-state index contributed by atoms with van der Waals surface area (Å²) < 4.78 is 0. The molecule has 0 aromatic heterocycles. The minimum absolute atomic E-state index is 0.630. The van der Waals surface area contributed by atoms with E-state index in [0.29, 0.717) is 11.3 Å². The van der Waals surface area contributed by atoms with Gasteiger partial charge in [0.25, 0.3) is 0 Å². The van der Waals surface area contributed by atoms with Crippen LogP contribution in [0.25, 0.3) is 91.7 Å². The highest BCUT2D eigenvalue weighted by atomic mass is 15.2. The van der Waals surface area contributed by atoms with Crippen molar-refractivity contribution in [1.82, 2.24) is 0 Å². The smallest absolute Gasteiger partial charge is 0.187 e. The molecule has 0 heterocycles. The molecule has 0 amide bonds. The van der Waals surface area contributed by atoms with E-state index in [4.69, 9.17) is 6.57 Å². The van der Waals surface area contributed by atoms with E-state index in [1.165, 1.54) is 0 Å². The summed E-state index contributed by atoms with van der Waals surface area (Å²) in [5.74, 6) is 0. The van der Waals surface area contributed by atoms with Crippen molar-refractivity contribution in [3.05, 3.63) is 381 Å². The average molecular weight is 1250 g/mol. The first-order valence-corrected chi connectivity index (χ1v) is 32.9. The summed E-state index contributed by atoms with van der Waals surface area (Å²) in [6.45, 7) is 7.73. The molecule has 0 aliphatic heterocycles. The molecule has 0 aliphatic rings. The van der Waals surface area contributed by atoms with E-state index in [-0.39, 0.29) is 0 Å². The SMILES string of the molecule is [C-]#[N+]c1ccc2cc3cc(N(c4ccccc4)c4ccc5c(-c6ccc(N(c7ccccc7)c7ccccc7)cc6)c6cc(N(c7ccccc7)c7ccc8cc9cc(C#N)ccc9cc8c7)ccc6c(-c6ccc(N(c7ccccc7)c7ccccc7)cc6)c5c4)ccc3cc2c1. The number of fused-ring (bicyclic) bond motifs is 6. The van der Waals surface area contributed by atoms with Crippen molar-refractivity contribution in [1.29, 1.82) is 5.26 Å². The first-order chi connectivity index (χ1) is 48.5. The van der Waals surface area contributed by atoms with E-state index in [1.807, 2.05) is 30.3 Å². The number of para-hydroxylation sites is 6. The lowest BCUT2D eigenvalue weighted by Gasteiger charge is -2.29. The molecule has 98 heavy (non-hydrogen) atoms.